The van der Waals surface area contributed by atoms with Crippen molar-refractivity contribution in [1.29, 1.82) is 0 Å². The number of rotatable bonds is 6. The van der Waals surface area contributed by atoms with Crippen molar-refractivity contribution >= 4 is 37.5 Å². The molecule has 0 saturated carbocycles. The normalized spacial score (nSPS) is 15.6. The molecular formula is C21H25BrN2O5S. The zero-order valence-corrected chi connectivity index (χ0v) is 19.5. The number of methoxy groups -OCH3 is 2. The molecule has 2 aromatic rings. The number of hydrogen-bond donors (Lipinski definition) is 1. The maximum atomic E-state index is 13.0. The fourth-order valence-corrected chi connectivity index (χ4v) is 5.45. The minimum Gasteiger partial charge on any atom is -0.493 e. The Bertz CT molecular complexity index is 1030. The molecule has 0 bridgehead atoms. The third kappa shape index (κ3) is 4.79. The minimum atomic E-state index is -3.68. The predicted molar refractivity (Wildman–Crippen MR) is 119 cm³/mol. The van der Waals surface area contributed by atoms with Gasteiger partial charge in [-0.2, -0.15) is 4.31 Å². The number of carbonyl (C=O) groups excluding carboxylic acids is 1. The summed E-state index contributed by atoms with van der Waals surface area (Å²) in [5.74, 6) is 0.515. The molecule has 3 rings (SSSR count). The molecule has 1 aliphatic rings. The summed E-state index contributed by atoms with van der Waals surface area (Å²) in [6.07, 6.45) is 0.932. The van der Waals surface area contributed by atoms with Crippen LogP contribution in [-0.2, 0) is 14.8 Å². The van der Waals surface area contributed by atoms with Crippen molar-refractivity contribution in [3.63, 3.8) is 0 Å². The number of anilines is 1. The summed E-state index contributed by atoms with van der Waals surface area (Å²) in [5, 5.41) is 2.96. The molecule has 0 spiro atoms. The number of ether oxygens (including phenoxy) is 2. The van der Waals surface area contributed by atoms with Gasteiger partial charge in [-0.05, 0) is 55.7 Å². The molecule has 0 radical (unpaired) electrons. The Kier molecular flexibility index (Phi) is 7.05. The van der Waals surface area contributed by atoms with Gasteiger partial charge < -0.3 is 14.8 Å². The van der Waals surface area contributed by atoms with Gasteiger partial charge in [-0.15, -0.1) is 0 Å². The van der Waals surface area contributed by atoms with Crippen LogP contribution in [0.25, 0.3) is 0 Å². The average molecular weight is 497 g/mol. The Morgan fingerprint density at radius 2 is 1.73 bits per heavy atom. The number of piperidine rings is 1. The van der Waals surface area contributed by atoms with E-state index >= 15 is 0 Å². The van der Waals surface area contributed by atoms with Crippen LogP contribution in [0.1, 0.15) is 18.4 Å². The fourth-order valence-electron chi connectivity index (χ4n) is 3.49. The molecule has 2 aromatic carbocycles. The van der Waals surface area contributed by atoms with E-state index in [1.807, 2.05) is 25.1 Å². The van der Waals surface area contributed by atoms with Gasteiger partial charge in [0.25, 0.3) is 0 Å². The lowest BCUT2D eigenvalue weighted by atomic mass is 9.97. The third-order valence-electron chi connectivity index (χ3n) is 5.26. The SMILES string of the molecule is COc1ccc(S(=O)(=O)N2CCC(C(=O)Nc3ccc(Br)cc3C)CC2)cc1OC. The van der Waals surface area contributed by atoms with E-state index in [0.29, 0.717) is 24.3 Å². The van der Waals surface area contributed by atoms with Crippen molar-refractivity contribution in [2.45, 2.75) is 24.7 Å². The Hall–Kier alpha value is -2.10. The molecule has 1 amide bonds. The molecule has 1 N–H and O–H groups in total. The van der Waals surface area contributed by atoms with Crippen molar-refractivity contribution in [3.8, 4) is 11.5 Å². The van der Waals surface area contributed by atoms with Crippen molar-refractivity contribution in [2.75, 3.05) is 32.6 Å². The highest BCUT2D eigenvalue weighted by molar-refractivity contribution is 9.10. The molecule has 7 nitrogen and oxygen atoms in total. The first-order valence-corrected chi connectivity index (χ1v) is 11.8. The first kappa shape index (κ1) is 22.6. The van der Waals surface area contributed by atoms with Crippen molar-refractivity contribution in [2.24, 2.45) is 5.92 Å². The second-order valence-electron chi connectivity index (χ2n) is 7.14. The van der Waals surface area contributed by atoms with Gasteiger partial charge in [0, 0.05) is 35.2 Å². The van der Waals surface area contributed by atoms with Crippen molar-refractivity contribution in [1.82, 2.24) is 4.31 Å². The zero-order chi connectivity index (χ0) is 21.9. The third-order valence-corrected chi connectivity index (χ3v) is 7.65. The maximum Gasteiger partial charge on any atom is 0.243 e. The number of benzene rings is 2. The van der Waals surface area contributed by atoms with Crippen LogP contribution in [0, 0.1) is 12.8 Å². The fraction of sp³-hybridized carbons (Fsp3) is 0.381. The second kappa shape index (κ2) is 9.36. The summed E-state index contributed by atoms with van der Waals surface area (Å²) in [5.41, 5.74) is 1.73. The van der Waals surface area contributed by atoms with Crippen LogP contribution in [0.2, 0.25) is 0 Å². The van der Waals surface area contributed by atoms with Gasteiger partial charge in [0.2, 0.25) is 15.9 Å². The number of hydrogen-bond acceptors (Lipinski definition) is 5. The monoisotopic (exact) mass is 496 g/mol. The highest BCUT2D eigenvalue weighted by Crippen LogP contribution is 2.32. The Morgan fingerprint density at radius 3 is 2.33 bits per heavy atom. The summed E-state index contributed by atoms with van der Waals surface area (Å²) >= 11 is 3.41. The number of nitrogens with one attached hydrogen (secondary N) is 1. The number of sulfonamides is 1. The molecule has 0 aromatic heterocycles. The first-order chi connectivity index (χ1) is 14.3. The lowest BCUT2D eigenvalue weighted by Gasteiger charge is -2.30. The molecule has 30 heavy (non-hydrogen) atoms. The zero-order valence-electron chi connectivity index (χ0n) is 17.1. The van der Waals surface area contributed by atoms with Gasteiger partial charge in [0.05, 0.1) is 19.1 Å². The minimum absolute atomic E-state index is 0.0800. The van der Waals surface area contributed by atoms with Crippen LogP contribution >= 0.6 is 15.9 Å². The average Bonchev–Trinajstić information content (AvgIpc) is 2.75. The quantitative estimate of drug-likeness (QED) is 0.656. The lowest BCUT2D eigenvalue weighted by Crippen LogP contribution is -2.41. The Labute approximate surface area is 185 Å². The van der Waals surface area contributed by atoms with Crippen molar-refractivity contribution in [3.05, 3.63) is 46.4 Å². The van der Waals surface area contributed by atoms with Crippen molar-refractivity contribution < 1.29 is 22.7 Å². The Balaban J connectivity index is 1.66. The number of nitrogens with zero attached hydrogens (tertiary/aromatic N) is 1. The topological polar surface area (TPSA) is 84.9 Å². The Morgan fingerprint density at radius 1 is 1.07 bits per heavy atom. The lowest BCUT2D eigenvalue weighted by molar-refractivity contribution is -0.120. The van der Waals surface area contributed by atoms with Gasteiger partial charge in [-0.3, -0.25) is 4.79 Å². The summed E-state index contributed by atoms with van der Waals surface area (Å²) in [4.78, 5) is 12.8. The molecule has 0 atom stereocenters. The molecule has 1 heterocycles. The summed E-state index contributed by atoms with van der Waals surface area (Å²) in [6.45, 7) is 2.50. The van der Waals surface area contributed by atoms with E-state index in [-0.39, 0.29) is 29.8 Å². The van der Waals surface area contributed by atoms with E-state index in [1.165, 1.54) is 30.7 Å². The largest absolute Gasteiger partial charge is 0.493 e. The van der Waals surface area contributed by atoms with Gasteiger partial charge >= 0.3 is 0 Å². The van der Waals surface area contributed by atoms with E-state index in [2.05, 4.69) is 21.2 Å². The van der Waals surface area contributed by atoms with E-state index < -0.39 is 10.0 Å². The van der Waals surface area contributed by atoms with Crippen LogP contribution in [-0.4, -0.2) is 45.9 Å². The number of aryl methyl sites for hydroxylation is 1. The molecule has 0 unspecified atom stereocenters. The second-order valence-corrected chi connectivity index (χ2v) is 10.00. The highest BCUT2D eigenvalue weighted by Gasteiger charge is 2.32. The number of carbonyl (C=O) groups is 1. The smallest absolute Gasteiger partial charge is 0.243 e. The molecule has 0 aliphatic carbocycles. The van der Waals surface area contributed by atoms with Gasteiger partial charge in [0.1, 0.15) is 0 Å². The standard InChI is InChI=1S/C21H25BrN2O5S/c1-14-12-16(22)4-6-18(14)23-21(25)15-8-10-24(11-9-15)30(26,27)17-5-7-19(28-2)20(13-17)29-3/h4-7,12-13,15H,8-11H2,1-3H3,(H,23,25). The van der Waals surface area contributed by atoms with E-state index in [0.717, 1.165) is 15.7 Å². The highest BCUT2D eigenvalue weighted by atomic mass is 79.9. The molecule has 1 fully saturated rings. The summed E-state index contributed by atoms with van der Waals surface area (Å²) < 4.78 is 38.8. The van der Waals surface area contributed by atoms with E-state index in [1.54, 1.807) is 6.07 Å². The van der Waals surface area contributed by atoms with Crippen LogP contribution in [0.15, 0.2) is 45.8 Å². The first-order valence-electron chi connectivity index (χ1n) is 9.55. The van der Waals surface area contributed by atoms with Gasteiger partial charge in [-0.1, -0.05) is 15.9 Å². The van der Waals surface area contributed by atoms with Crippen LogP contribution in [0.5, 0.6) is 11.5 Å². The predicted octanol–water partition coefficient (Wildman–Crippen LogP) is 3.81. The van der Waals surface area contributed by atoms with Crippen LogP contribution in [0.4, 0.5) is 5.69 Å². The summed E-state index contributed by atoms with van der Waals surface area (Å²) in [7, 11) is -0.717. The molecule has 1 aliphatic heterocycles. The molecule has 162 valence electrons. The molecular weight excluding hydrogens is 472 g/mol. The van der Waals surface area contributed by atoms with Crippen LogP contribution in [0.3, 0.4) is 0 Å². The van der Waals surface area contributed by atoms with Gasteiger partial charge in [0.15, 0.2) is 11.5 Å². The van der Waals surface area contributed by atoms with Gasteiger partial charge in [-0.25, -0.2) is 8.42 Å². The molecule has 1 saturated heterocycles. The van der Waals surface area contributed by atoms with Crippen LogP contribution < -0.4 is 14.8 Å². The molecule has 9 heteroatoms. The number of amides is 1. The summed E-state index contributed by atoms with van der Waals surface area (Å²) in [6, 6.07) is 10.2. The maximum absolute atomic E-state index is 13.0. The van der Waals surface area contributed by atoms with E-state index in [9.17, 15) is 13.2 Å². The van der Waals surface area contributed by atoms with E-state index in [4.69, 9.17) is 9.47 Å². The number of halogens is 1.